The van der Waals surface area contributed by atoms with Crippen LogP contribution in [0.25, 0.3) is 0 Å². The fourth-order valence-corrected chi connectivity index (χ4v) is 5.42. The van der Waals surface area contributed by atoms with E-state index in [-0.39, 0.29) is 30.3 Å². The molecule has 4 atom stereocenters. The van der Waals surface area contributed by atoms with Gasteiger partial charge in [0.05, 0.1) is 23.9 Å². The van der Waals surface area contributed by atoms with Crippen LogP contribution in [0.15, 0.2) is 60.7 Å². The van der Waals surface area contributed by atoms with E-state index in [4.69, 9.17) is 23.2 Å². The summed E-state index contributed by atoms with van der Waals surface area (Å²) in [6.45, 7) is 1.78. The summed E-state index contributed by atoms with van der Waals surface area (Å²) in [5, 5.41) is 10.8. The van der Waals surface area contributed by atoms with Gasteiger partial charge in [0.2, 0.25) is 5.91 Å². The van der Waals surface area contributed by atoms with E-state index in [1.165, 1.54) is 0 Å². The maximum absolute atomic E-state index is 13.8. The monoisotopic (exact) mass is 457 g/mol. The predicted molar refractivity (Wildman–Crippen MR) is 122 cm³/mol. The molecule has 2 aromatic carbocycles. The van der Waals surface area contributed by atoms with Crippen LogP contribution in [0.1, 0.15) is 55.7 Å². The molecule has 1 fully saturated rings. The van der Waals surface area contributed by atoms with Crippen LogP contribution in [-0.2, 0) is 9.59 Å². The van der Waals surface area contributed by atoms with Crippen LogP contribution in [0.3, 0.4) is 0 Å². The molecular formula is C25H25Cl2NO3. The number of carbonyl (C=O) groups is 2. The number of amides is 1. The van der Waals surface area contributed by atoms with Crippen molar-refractivity contribution in [2.75, 3.05) is 0 Å². The number of piperidine rings is 1. The van der Waals surface area contributed by atoms with Gasteiger partial charge in [-0.2, -0.15) is 0 Å². The molecule has 162 valence electrons. The van der Waals surface area contributed by atoms with Gasteiger partial charge >= 0.3 is 5.97 Å². The molecule has 0 aromatic heterocycles. The Labute approximate surface area is 192 Å². The quantitative estimate of drug-likeness (QED) is 0.539. The molecule has 4 unspecified atom stereocenters. The summed E-state index contributed by atoms with van der Waals surface area (Å²) in [6, 6.07) is 15.0. The summed E-state index contributed by atoms with van der Waals surface area (Å²) in [5.74, 6) is -1.17. The van der Waals surface area contributed by atoms with Crippen molar-refractivity contribution < 1.29 is 14.7 Å². The molecule has 0 saturated carbocycles. The van der Waals surface area contributed by atoms with E-state index in [0.29, 0.717) is 16.5 Å². The zero-order valence-corrected chi connectivity index (χ0v) is 18.8. The van der Waals surface area contributed by atoms with Crippen molar-refractivity contribution in [2.45, 2.75) is 50.6 Å². The summed E-state index contributed by atoms with van der Waals surface area (Å²) in [7, 11) is 0. The second-order valence-corrected chi connectivity index (χ2v) is 9.65. The average molecular weight is 458 g/mol. The van der Waals surface area contributed by atoms with E-state index in [9.17, 15) is 14.7 Å². The second-order valence-electron chi connectivity index (χ2n) is 8.78. The van der Waals surface area contributed by atoms with E-state index in [1.807, 2.05) is 53.4 Å². The number of hydrogen-bond donors (Lipinski definition) is 1. The van der Waals surface area contributed by atoms with Crippen LogP contribution in [-0.4, -0.2) is 27.9 Å². The second kappa shape index (κ2) is 8.68. The highest BCUT2D eigenvalue weighted by molar-refractivity contribution is 6.30. The first-order chi connectivity index (χ1) is 14.8. The minimum atomic E-state index is -1.00. The number of carboxylic acids is 1. The fraction of sp³-hybridized carbons (Fsp3) is 0.360. The van der Waals surface area contributed by atoms with Crippen molar-refractivity contribution in [2.24, 2.45) is 5.41 Å². The Hall–Kier alpha value is -2.30. The first-order valence-electron chi connectivity index (χ1n) is 10.5. The maximum atomic E-state index is 13.8. The fourth-order valence-electron chi connectivity index (χ4n) is 5.09. The first kappa shape index (κ1) is 21.9. The SMILES string of the molecule is CC1(CC(=O)O)CC(c2cccc(Cl)c2)C(c2ccc(Cl)cc2)N(C2C=CCC2)C1=O. The molecule has 2 aromatic rings. The lowest BCUT2D eigenvalue weighted by Gasteiger charge is -2.51. The molecule has 0 bridgehead atoms. The average Bonchev–Trinajstić information content (AvgIpc) is 3.24. The van der Waals surface area contributed by atoms with Gasteiger partial charge in [-0.15, -0.1) is 0 Å². The molecular weight excluding hydrogens is 433 g/mol. The summed E-state index contributed by atoms with van der Waals surface area (Å²) < 4.78 is 0. The van der Waals surface area contributed by atoms with Crippen molar-refractivity contribution in [3.05, 3.63) is 81.9 Å². The van der Waals surface area contributed by atoms with Gasteiger partial charge in [-0.05, 0) is 54.7 Å². The Kier molecular flexibility index (Phi) is 6.14. The normalized spacial score (nSPS) is 28.2. The third-order valence-electron chi connectivity index (χ3n) is 6.48. The number of halogens is 2. The third kappa shape index (κ3) is 4.37. The van der Waals surface area contributed by atoms with Crippen molar-refractivity contribution >= 4 is 35.1 Å². The minimum Gasteiger partial charge on any atom is -0.481 e. The number of aliphatic carboxylic acids is 1. The lowest BCUT2D eigenvalue weighted by atomic mass is 9.67. The Morgan fingerprint density at radius 3 is 2.48 bits per heavy atom. The van der Waals surface area contributed by atoms with E-state index < -0.39 is 11.4 Å². The molecule has 31 heavy (non-hydrogen) atoms. The van der Waals surface area contributed by atoms with E-state index in [2.05, 4.69) is 12.2 Å². The van der Waals surface area contributed by atoms with Crippen LogP contribution in [0.4, 0.5) is 0 Å². The number of nitrogens with zero attached hydrogens (tertiary/aromatic N) is 1. The summed E-state index contributed by atoms with van der Waals surface area (Å²) in [6.07, 6.45) is 6.12. The third-order valence-corrected chi connectivity index (χ3v) is 6.96. The summed E-state index contributed by atoms with van der Waals surface area (Å²) >= 11 is 12.5. The number of carboxylic acid groups (broad SMARTS) is 1. The van der Waals surface area contributed by atoms with Crippen molar-refractivity contribution in [1.82, 2.24) is 4.90 Å². The maximum Gasteiger partial charge on any atom is 0.304 e. The topological polar surface area (TPSA) is 57.6 Å². The lowest BCUT2D eigenvalue weighted by molar-refractivity contribution is -0.159. The van der Waals surface area contributed by atoms with Crippen LogP contribution in [0.2, 0.25) is 10.0 Å². The van der Waals surface area contributed by atoms with Crippen molar-refractivity contribution in [3.8, 4) is 0 Å². The number of hydrogen-bond acceptors (Lipinski definition) is 2. The molecule has 1 aliphatic heterocycles. The number of likely N-dealkylation sites (tertiary alicyclic amines) is 1. The number of benzene rings is 2. The lowest BCUT2D eigenvalue weighted by Crippen LogP contribution is -2.55. The highest BCUT2D eigenvalue weighted by Gasteiger charge is 2.52. The molecule has 0 radical (unpaired) electrons. The van der Waals surface area contributed by atoms with Gasteiger partial charge < -0.3 is 10.0 Å². The van der Waals surface area contributed by atoms with Crippen molar-refractivity contribution in [3.63, 3.8) is 0 Å². The zero-order valence-electron chi connectivity index (χ0n) is 17.3. The van der Waals surface area contributed by atoms with Crippen LogP contribution in [0, 0.1) is 5.41 Å². The molecule has 4 nitrogen and oxygen atoms in total. The van der Waals surface area contributed by atoms with Crippen molar-refractivity contribution in [1.29, 1.82) is 0 Å². The predicted octanol–water partition coefficient (Wildman–Crippen LogP) is 6.25. The molecule has 1 heterocycles. The highest BCUT2D eigenvalue weighted by atomic mass is 35.5. The number of carbonyl (C=O) groups excluding carboxylic acids is 1. The van der Waals surface area contributed by atoms with Gasteiger partial charge in [-0.1, -0.05) is 66.5 Å². The Morgan fingerprint density at radius 2 is 1.87 bits per heavy atom. The zero-order chi connectivity index (χ0) is 22.2. The van der Waals surface area contributed by atoms with Crippen LogP contribution >= 0.6 is 23.2 Å². The Morgan fingerprint density at radius 1 is 1.13 bits per heavy atom. The number of allylic oxidation sites excluding steroid dienone is 1. The molecule has 1 amide bonds. The molecule has 2 aliphatic rings. The van der Waals surface area contributed by atoms with E-state index in [1.54, 1.807) is 6.92 Å². The minimum absolute atomic E-state index is 0.0664. The van der Waals surface area contributed by atoms with Gasteiger partial charge in [0.15, 0.2) is 0 Å². The molecule has 4 rings (SSSR count). The van der Waals surface area contributed by atoms with Gasteiger partial charge in [0.1, 0.15) is 0 Å². The summed E-state index contributed by atoms with van der Waals surface area (Å²) in [5.41, 5.74) is 0.988. The smallest absolute Gasteiger partial charge is 0.304 e. The highest BCUT2D eigenvalue weighted by Crippen LogP contribution is 2.52. The largest absolute Gasteiger partial charge is 0.481 e. The van der Waals surface area contributed by atoms with Gasteiger partial charge in [0.25, 0.3) is 0 Å². The molecule has 6 heteroatoms. The van der Waals surface area contributed by atoms with Gasteiger partial charge in [-0.25, -0.2) is 0 Å². The van der Waals surface area contributed by atoms with E-state index >= 15 is 0 Å². The first-order valence-corrected chi connectivity index (χ1v) is 11.3. The molecule has 0 spiro atoms. The van der Waals surface area contributed by atoms with Crippen LogP contribution < -0.4 is 0 Å². The van der Waals surface area contributed by atoms with E-state index in [0.717, 1.165) is 24.0 Å². The molecule has 1 aliphatic carbocycles. The Balaban J connectivity index is 1.88. The molecule has 1 N–H and O–H groups in total. The molecule has 1 saturated heterocycles. The van der Waals surface area contributed by atoms with Gasteiger partial charge in [0, 0.05) is 16.0 Å². The Bertz CT molecular complexity index is 1020. The number of rotatable bonds is 5. The van der Waals surface area contributed by atoms with Gasteiger partial charge in [-0.3, -0.25) is 9.59 Å². The standard InChI is InChI=1S/C25H25Cl2NO3/c1-25(15-22(29)30)14-21(17-5-4-6-19(27)13-17)23(16-9-11-18(26)12-10-16)28(24(25)31)20-7-2-3-8-20/h2,4-7,9-13,20-21,23H,3,8,14-15H2,1H3,(H,29,30). The van der Waals surface area contributed by atoms with Crippen LogP contribution in [0.5, 0.6) is 0 Å². The summed E-state index contributed by atoms with van der Waals surface area (Å²) in [4.78, 5) is 27.5.